The van der Waals surface area contributed by atoms with Gasteiger partial charge in [-0.2, -0.15) is 4.31 Å². The molecule has 0 amide bonds. The van der Waals surface area contributed by atoms with Gasteiger partial charge in [0.2, 0.25) is 10.0 Å². The number of piperazine rings is 1. The van der Waals surface area contributed by atoms with Gasteiger partial charge in [0, 0.05) is 38.6 Å². The van der Waals surface area contributed by atoms with Gasteiger partial charge in [-0.3, -0.25) is 4.57 Å². The average Bonchev–Trinajstić information content (AvgIpc) is 3.06. The predicted molar refractivity (Wildman–Crippen MR) is 96.4 cm³/mol. The van der Waals surface area contributed by atoms with Crippen molar-refractivity contribution in [1.82, 2.24) is 24.1 Å². The first-order valence-electron chi connectivity index (χ1n) is 8.58. The molecule has 2 aromatic rings. The number of aromatic nitrogens is 4. The van der Waals surface area contributed by atoms with Crippen molar-refractivity contribution >= 4 is 15.8 Å². The molecule has 8 nitrogen and oxygen atoms in total. The minimum absolute atomic E-state index is 0.238. The first-order valence-corrected chi connectivity index (χ1v) is 10.2. The van der Waals surface area contributed by atoms with Crippen molar-refractivity contribution in [1.29, 1.82) is 0 Å². The van der Waals surface area contributed by atoms with Crippen LogP contribution in [0.15, 0.2) is 24.5 Å². The molecule has 0 radical (unpaired) electrons. The standard InChI is InChI=1S/C16H24N6O2S/c1-3-4-13-25(23,24)21-11-9-20(10-12-21)15-5-6-16(19-18-15)22-8-7-17-14(22)2/h5-8H,3-4,9-13H2,1-2H3. The molecule has 0 atom stereocenters. The van der Waals surface area contributed by atoms with Crippen LogP contribution >= 0.6 is 0 Å². The normalized spacial score (nSPS) is 16.3. The minimum Gasteiger partial charge on any atom is -0.352 e. The zero-order valence-electron chi connectivity index (χ0n) is 14.7. The maximum absolute atomic E-state index is 12.3. The third-order valence-electron chi connectivity index (χ3n) is 4.42. The van der Waals surface area contributed by atoms with Crippen LogP contribution < -0.4 is 4.90 Å². The Bertz CT molecular complexity index is 794. The van der Waals surface area contributed by atoms with Crippen molar-refractivity contribution in [3.05, 3.63) is 30.4 Å². The molecular weight excluding hydrogens is 340 g/mol. The van der Waals surface area contributed by atoms with Crippen LogP contribution in [0.2, 0.25) is 0 Å². The lowest BCUT2D eigenvalue weighted by Crippen LogP contribution is -2.49. The van der Waals surface area contributed by atoms with E-state index in [1.807, 2.05) is 36.7 Å². The van der Waals surface area contributed by atoms with Crippen molar-refractivity contribution in [3.63, 3.8) is 0 Å². The number of sulfonamides is 1. The largest absolute Gasteiger partial charge is 0.352 e. The maximum atomic E-state index is 12.3. The van der Waals surface area contributed by atoms with Crippen LogP contribution in [0.1, 0.15) is 25.6 Å². The lowest BCUT2D eigenvalue weighted by Gasteiger charge is -2.34. The van der Waals surface area contributed by atoms with Gasteiger partial charge in [-0.05, 0) is 25.5 Å². The van der Waals surface area contributed by atoms with Crippen molar-refractivity contribution in [2.45, 2.75) is 26.7 Å². The van der Waals surface area contributed by atoms with Gasteiger partial charge < -0.3 is 4.90 Å². The number of hydrogen-bond donors (Lipinski definition) is 0. The lowest BCUT2D eigenvalue weighted by atomic mass is 10.3. The van der Waals surface area contributed by atoms with E-state index >= 15 is 0 Å². The van der Waals surface area contributed by atoms with E-state index in [-0.39, 0.29) is 5.75 Å². The summed E-state index contributed by atoms with van der Waals surface area (Å²) in [6.45, 7) is 6.16. The summed E-state index contributed by atoms with van der Waals surface area (Å²) in [5, 5.41) is 8.56. The Balaban J connectivity index is 1.62. The fourth-order valence-electron chi connectivity index (χ4n) is 2.89. The van der Waals surface area contributed by atoms with Crippen molar-refractivity contribution < 1.29 is 8.42 Å². The maximum Gasteiger partial charge on any atom is 0.214 e. The second-order valence-corrected chi connectivity index (χ2v) is 8.24. The van der Waals surface area contributed by atoms with E-state index in [1.54, 1.807) is 10.5 Å². The van der Waals surface area contributed by atoms with Crippen LogP contribution in [-0.4, -0.2) is 64.4 Å². The molecular formula is C16H24N6O2S. The average molecular weight is 364 g/mol. The van der Waals surface area contributed by atoms with E-state index in [0.717, 1.165) is 23.9 Å². The molecule has 3 rings (SSSR count). The van der Waals surface area contributed by atoms with Gasteiger partial charge in [0.1, 0.15) is 5.82 Å². The lowest BCUT2D eigenvalue weighted by molar-refractivity contribution is 0.383. The van der Waals surface area contributed by atoms with Gasteiger partial charge in [-0.25, -0.2) is 13.4 Å². The second-order valence-electron chi connectivity index (χ2n) is 6.15. The number of imidazole rings is 1. The monoisotopic (exact) mass is 364 g/mol. The van der Waals surface area contributed by atoms with Crippen molar-refractivity contribution in [3.8, 4) is 5.82 Å². The van der Waals surface area contributed by atoms with E-state index in [4.69, 9.17) is 0 Å². The summed E-state index contributed by atoms with van der Waals surface area (Å²) in [5.74, 6) is 2.59. The fraction of sp³-hybridized carbons (Fsp3) is 0.562. The van der Waals surface area contributed by atoms with E-state index in [9.17, 15) is 8.42 Å². The number of anilines is 1. The van der Waals surface area contributed by atoms with Crippen LogP contribution in [0.5, 0.6) is 0 Å². The highest BCUT2D eigenvalue weighted by molar-refractivity contribution is 7.89. The number of rotatable bonds is 6. The van der Waals surface area contributed by atoms with Crippen LogP contribution in [0.3, 0.4) is 0 Å². The minimum atomic E-state index is -3.13. The number of unbranched alkanes of at least 4 members (excludes halogenated alkanes) is 1. The van der Waals surface area contributed by atoms with Gasteiger partial charge in [0.25, 0.3) is 0 Å². The molecule has 0 aromatic carbocycles. The third kappa shape index (κ3) is 3.98. The van der Waals surface area contributed by atoms with Gasteiger partial charge in [0.05, 0.1) is 5.75 Å². The smallest absolute Gasteiger partial charge is 0.214 e. The van der Waals surface area contributed by atoms with E-state index in [2.05, 4.69) is 20.1 Å². The highest BCUT2D eigenvalue weighted by Gasteiger charge is 2.27. The fourth-order valence-corrected chi connectivity index (χ4v) is 4.52. The van der Waals surface area contributed by atoms with Gasteiger partial charge in [0.15, 0.2) is 11.6 Å². The highest BCUT2D eigenvalue weighted by Crippen LogP contribution is 2.17. The van der Waals surface area contributed by atoms with Crippen molar-refractivity contribution in [2.24, 2.45) is 0 Å². The number of nitrogens with zero attached hydrogens (tertiary/aromatic N) is 6. The summed E-state index contributed by atoms with van der Waals surface area (Å²) < 4.78 is 28.0. The van der Waals surface area contributed by atoms with Crippen LogP contribution in [0.4, 0.5) is 5.82 Å². The molecule has 1 fully saturated rings. The Kier molecular flexibility index (Phi) is 5.33. The molecule has 0 unspecified atom stereocenters. The molecule has 25 heavy (non-hydrogen) atoms. The SMILES string of the molecule is CCCCS(=O)(=O)N1CCN(c2ccc(-n3ccnc3C)nn2)CC1. The van der Waals surface area contributed by atoms with Gasteiger partial charge in [-0.1, -0.05) is 13.3 Å². The Morgan fingerprint density at radius 1 is 1.08 bits per heavy atom. The molecule has 0 saturated carbocycles. The Morgan fingerprint density at radius 3 is 2.32 bits per heavy atom. The first-order chi connectivity index (χ1) is 12.0. The topological polar surface area (TPSA) is 84.2 Å². The molecule has 2 aromatic heterocycles. The molecule has 9 heteroatoms. The van der Waals surface area contributed by atoms with E-state index in [0.29, 0.717) is 32.6 Å². The first kappa shape index (κ1) is 17.8. The summed E-state index contributed by atoms with van der Waals surface area (Å²) >= 11 is 0. The summed E-state index contributed by atoms with van der Waals surface area (Å²) in [4.78, 5) is 6.25. The molecule has 0 spiro atoms. The summed E-state index contributed by atoms with van der Waals surface area (Å²) in [7, 11) is -3.13. The second kappa shape index (κ2) is 7.49. The molecule has 0 N–H and O–H groups in total. The third-order valence-corrected chi connectivity index (χ3v) is 6.38. The summed E-state index contributed by atoms with van der Waals surface area (Å²) in [6.07, 6.45) is 5.17. The van der Waals surface area contributed by atoms with E-state index < -0.39 is 10.0 Å². The summed E-state index contributed by atoms with van der Waals surface area (Å²) in [5.41, 5.74) is 0. The quantitative estimate of drug-likeness (QED) is 0.766. The van der Waals surface area contributed by atoms with Crippen LogP contribution in [0.25, 0.3) is 5.82 Å². The summed E-state index contributed by atoms with van der Waals surface area (Å²) in [6, 6.07) is 3.82. The highest BCUT2D eigenvalue weighted by atomic mass is 32.2. The Morgan fingerprint density at radius 2 is 1.76 bits per heavy atom. The van der Waals surface area contributed by atoms with Crippen LogP contribution in [0, 0.1) is 6.92 Å². The molecule has 0 aliphatic carbocycles. The number of hydrogen-bond acceptors (Lipinski definition) is 6. The number of aryl methyl sites for hydroxylation is 1. The molecule has 3 heterocycles. The molecule has 1 aliphatic rings. The Labute approximate surface area is 148 Å². The zero-order valence-corrected chi connectivity index (χ0v) is 15.5. The molecule has 1 aliphatic heterocycles. The Hall–Kier alpha value is -2.00. The van der Waals surface area contributed by atoms with Gasteiger partial charge in [-0.15, -0.1) is 10.2 Å². The van der Waals surface area contributed by atoms with Crippen LogP contribution in [-0.2, 0) is 10.0 Å². The van der Waals surface area contributed by atoms with Gasteiger partial charge >= 0.3 is 0 Å². The van der Waals surface area contributed by atoms with E-state index in [1.165, 1.54) is 0 Å². The van der Waals surface area contributed by atoms with Crippen molar-refractivity contribution in [2.75, 3.05) is 36.8 Å². The predicted octanol–water partition coefficient (Wildman–Crippen LogP) is 1.22. The molecule has 136 valence electrons. The zero-order chi connectivity index (χ0) is 17.9. The molecule has 1 saturated heterocycles. The molecule has 0 bridgehead atoms.